The third kappa shape index (κ3) is 3.59. The summed E-state index contributed by atoms with van der Waals surface area (Å²) in [6.07, 6.45) is 5.47. The second kappa shape index (κ2) is 6.81. The second-order valence-corrected chi connectivity index (χ2v) is 6.24. The van der Waals surface area contributed by atoms with E-state index in [1.807, 2.05) is 6.20 Å². The SMILES string of the molecule is CCNCC1CCc2nc(C3CN(C)CCO3)ncc2C1. The lowest BCUT2D eigenvalue weighted by molar-refractivity contribution is -0.0256. The Morgan fingerprint density at radius 3 is 3.19 bits per heavy atom. The Balaban J connectivity index is 1.68. The number of morpholine rings is 1. The molecule has 5 nitrogen and oxygen atoms in total. The van der Waals surface area contributed by atoms with Gasteiger partial charge in [-0.1, -0.05) is 6.92 Å². The maximum Gasteiger partial charge on any atom is 0.158 e. The van der Waals surface area contributed by atoms with E-state index in [-0.39, 0.29) is 6.10 Å². The molecule has 0 bridgehead atoms. The van der Waals surface area contributed by atoms with Gasteiger partial charge in [-0.05, 0) is 50.9 Å². The Morgan fingerprint density at radius 2 is 2.38 bits per heavy atom. The van der Waals surface area contributed by atoms with Gasteiger partial charge < -0.3 is 15.0 Å². The fourth-order valence-electron chi connectivity index (χ4n) is 3.21. The summed E-state index contributed by atoms with van der Waals surface area (Å²) in [6.45, 7) is 6.97. The summed E-state index contributed by atoms with van der Waals surface area (Å²) in [5.41, 5.74) is 2.57. The molecule has 0 radical (unpaired) electrons. The number of aryl methyl sites for hydroxylation is 1. The summed E-state index contributed by atoms with van der Waals surface area (Å²) in [4.78, 5) is 11.7. The highest BCUT2D eigenvalue weighted by Crippen LogP contribution is 2.26. The molecule has 1 saturated heterocycles. The first-order valence-electron chi connectivity index (χ1n) is 8.11. The molecule has 0 spiro atoms. The predicted octanol–water partition coefficient (Wildman–Crippen LogP) is 1.19. The van der Waals surface area contributed by atoms with Gasteiger partial charge in [0.1, 0.15) is 6.10 Å². The van der Waals surface area contributed by atoms with Crippen LogP contribution in [0.1, 0.15) is 36.5 Å². The third-order valence-electron chi connectivity index (χ3n) is 4.51. The largest absolute Gasteiger partial charge is 0.368 e. The van der Waals surface area contributed by atoms with Crippen LogP contribution in [0.5, 0.6) is 0 Å². The van der Waals surface area contributed by atoms with Crippen molar-refractivity contribution >= 4 is 0 Å². The summed E-state index contributed by atoms with van der Waals surface area (Å²) in [7, 11) is 2.12. The van der Waals surface area contributed by atoms with Gasteiger partial charge in [0, 0.05) is 25.0 Å². The normalized spacial score (nSPS) is 26.6. The summed E-state index contributed by atoms with van der Waals surface area (Å²) < 4.78 is 5.82. The number of aromatic nitrogens is 2. The molecule has 1 fully saturated rings. The molecule has 5 heteroatoms. The second-order valence-electron chi connectivity index (χ2n) is 6.24. The van der Waals surface area contributed by atoms with Gasteiger partial charge in [-0.15, -0.1) is 0 Å². The number of hydrogen-bond donors (Lipinski definition) is 1. The van der Waals surface area contributed by atoms with Crippen LogP contribution in [-0.2, 0) is 17.6 Å². The molecule has 2 aliphatic rings. The van der Waals surface area contributed by atoms with Crippen molar-refractivity contribution < 1.29 is 4.74 Å². The van der Waals surface area contributed by atoms with Crippen molar-refractivity contribution in [2.75, 3.05) is 39.8 Å². The van der Waals surface area contributed by atoms with Gasteiger partial charge >= 0.3 is 0 Å². The van der Waals surface area contributed by atoms with Crippen molar-refractivity contribution in [1.82, 2.24) is 20.2 Å². The van der Waals surface area contributed by atoms with Crippen LogP contribution in [0.25, 0.3) is 0 Å². The molecule has 2 unspecified atom stereocenters. The van der Waals surface area contributed by atoms with Gasteiger partial charge in [-0.3, -0.25) is 0 Å². The van der Waals surface area contributed by atoms with Crippen LogP contribution < -0.4 is 5.32 Å². The number of nitrogens with one attached hydrogen (secondary N) is 1. The Hall–Kier alpha value is -1.04. The monoisotopic (exact) mass is 290 g/mol. The third-order valence-corrected chi connectivity index (χ3v) is 4.51. The Kier molecular flexibility index (Phi) is 4.83. The van der Waals surface area contributed by atoms with Gasteiger partial charge in [0.25, 0.3) is 0 Å². The quantitative estimate of drug-likeness (QED) is 0.903. The van der Waals surface area contributed by atoms with E-state index < -0.39 is 0 Å². The zero-order valence-corrected chi connectivity index (χ0v) is 13.1. The van der Waals surface area contributed by atoms with E-state index in [4.69, 9.17) is 9.72 Å². The fraction of sp³-hybridized carbons (Fsp3) is 0.750. The molecule has 0 saturated carbocycles. The van der Waals surface area contributed by atoms with Gasteiger partial charge in [0.2, 0.25) is 0 Å². The van der Waals surface area contributed by atoms with E-state index in [0.717, 1.165) is 57.4 Å². The molecule has 0 aromatic carbocycles. The maximum atomic E-state index is 5.82. The van der Waals surface area contributed by atoms with E-state index in [1.165, 1.54) is 17.7 Å². The summed E-state index contributed by atoms with van der Waals surface area (Å²) in [6, 6.07) is 0. The van der Waals surface area contributed by atoms with Gasteiger partial charge in [0.15, 0.2) is 5.82 Å². The van der Waals surface area contributed by atoms with E-state index in [2.05, 4.69) is 29.2 Å². The Labute approximate surface area is 127 Å². The topological polar surface area (TPSA) is 50.3 Å². The molecular weight excluding hydrogens is 264 g/mol. The average molecular weight is 290 g/mol. The minimum Gasteiger partial charge on any atom is -0.368 e. The standard InChI is InChI=1S/C16H26N4O/c1-3-17-9-12-4-5-14-13(8-12)10-18-16(19-14)15-11-20(2)6-7-21-15/h10,12,15,17H,3-9,11H2,1-2H3. The van der Waals surface area contributed by atoms with Gasteiger partial charge in [0.05, 0.1) is 6.61 Å². The highest BCUT2D eigenvalue weighted by molar-refractivity contribution is 5.22. The molecule has 1 aliphatic heterocycles. The zero-order valence-electron chi connectivity index (χ0n) is 13.1. The van der Waals surface area contributed by atoms with Crippen molar-refractivity contribution in [3.05, 3.63) is 23.3 Å². The molecule has 1 aromatic rings. The van der Waals surface area contributed by atoms with Crippen LogP contribution in [0.3, 0.4) is 0 Å². The van der Waals surface area contributed by atoms with E-state index >= 15 is 0 Å². The molecule has 116 valence electrons. The fourth-order valence-corrected chi connectivity index (χ4v) is 3.21. The molecule has 2 heterocycles. The Bertz CT molecular complexity index is 479. The van der Waals surface area contributed by atoms with Crippen molar-refractivity contribution in [2.45, 2.75) is 32.3 Å². The maximum absolute atomic E-state index is 5.82. The average Bonchev–Trinajstić information content (AvgIpc) is 2.52. The lowest BCUT2D eigenvalue weighted by atomic mass is 9.87. The Morgan fingerprint density at radius 1 is 1.48 bits per heavy atom. The summed E-state index contributed by atoms with van der Waals surface area (Å²) in [5.74, 6) is 1.59. The van der Waals surface area contributed by atoms with Crippen molar-refractivity contribution in [2.24, 2.45) is 5.92 Å². The van der Waals surface area contributed by atoms with Crippen LogP contribution in [0, 0.1) is 5.92 Å². The van der Waals surface area contributed by atoms with Crippen LogP contribution in [0.2, 0.25) is 0 Å². The molecular formula is C16H26N4O. The van der Waals surface area contributed by atoms with Crippen molar-refractivity contribution in [1.29, 1.82) is 0 Å². The van der Waals surface area contributed by atoms with Crippen LogP contribution >= 0.6 is 0 Å². The van der Waals surface area contributed by atoms with Gasteiger partial charge in [-0.2, -0.15) is 0 Å². The van der Waals surface area contributed by atoms with Crippen LogP contribution in [0.15, 0.2) is 6.20 Å². The smallest absolute Gasteiger partial charge is 0.158 e. The number of fused-ring (bicyclic) bond motifs is 1. The first-order valence-corrected chi connectivity index (χ1v) is 8.11. The lowest BCUT2D eigenvalue weighted by Crippen LogP contribution is -2.36. The van der Waals surface area contributed by atoms with E-state index in [1.54, 1.807) is 0 Å². The highest BCUT2D eigenvalue weighted by Gasteiger charge is 2.25. The van der Waals surface area contributed by atoms with E-state index in [0.29, 0.717) is 0 Å². The molecule has 21 heavy (non-hydrogen) atoms. The molecule has 1 aliphatic carbocycles. The molecule has 1 N–H and O–H groups in total. The van der Waals surface area contributed by atoms with E-state index in [9.17, 15) is 0 Å². The number of nitrogens with zero attached hydrogens (tertiary/aromatic N) is 3. The lowest BCUT2D eigenvalue weighted by Gasteiger charge is -2.30. The first kappa shape index (κ1) is 14.9. The number of likely N-dealkylation sites (N-methyl/N-ethyl adjacent to an activating group) is 1. The van der Waals surface area contributed by atoms with Crippen molar-refractivity contribution in [3.8, 4) is 0 Å². The number of ether oxygens (including phenoxy) is 1. The first-order chi connectivity index (χ1) is 10.3. The molecule has 3 rings (SSSR count). The minimum absolute atomic E-state index is 0.0357. The highest BCUT2D eigenvalue weighted by atomic mass is 16.5. The van der Waals surface area contributed by atoms with Crippen LogP contribution in [-0.4, -0.2) is 54.7 Å². The summed E-state index contributed by atoms with van der Waals surface area (Å²) in [5, 5.41) is 3.45. The van der Waals surface area contributed by atoms with Crippen LogP contribution in [0.4, 0.5) is 0 Å². The zero-order chi connectivity index (χ0) is 14.7. The molecule has 0 amide bonds. The predicted molar refractivity (Wildman–Crippen MR) is 82.3 cm³/mol. The number of hydrogen-bond acceptors (Lipinski definition) is 5. The van der Waals surface area contributed by atoms with Crippen molar-refractivity contribution in [3.63, 3.8) is 0 Å². The molecule has 1 aromatic heterocycles. The van der Waals surface area contributed by atoms with Gasteiger partial charge in [-0.25, -0.2) is 9.97 Å². The minimum atomic E-state index is 0.0357. The summed E-state index contributed by atoms with van der Waals surface area (Å²) >= 11 is 0. The molecule has 2 atom stereocenters. The number of rotatable bonds is 4.